The number of hydrogen-bond acceptors (Lipinski definition) is 6. The summed E-state index contributed by atoms with van der Waals surface area (Å²) < 4.78 is 22.5. The smallest absolute Gasteiger partial charge is 0.244 e. The van der Waals surface area contributed by atoms with Crippen LogP contribution >= 0.6 is 22.4 Å². The highest BCUT2D eigenvalue weighted by Crippen LogP contribution is 2.15. The van der Waals surface area contributed by atoms with Crippen LogP contribution in [0.5, 0.6) is 0 Å². The van der Waals surface area contributed by atoms with Gasteiger partial charge >= 0.3 is 5.69 Å². The summed E-state index contributed by atoms with van der Waals surface area (Å²) >= 11 is 1.20. The first-order valence-electron chi connectivity index (χ1n) is 4.45. The monoisotopic (exact) mass is 294 g/mol. The molecule has 0 bridgehead atoms. The largest absolute Gasteiger partial charge is 0.364 e. The van der Waals surface area contributed by atoms with Gasteiger partial charge in [-0.05, 0) is 12.1 Å². The minimum atomic E-state index is -3.50. The van der Waals surface area contributed by atoms with Crippen molar-refractivity contribution in [2.45, 2.75) is 5.03 Å². The lowest BCUT2D eigenvalue weighted by atomic mass is 10.6. The second kappa shape index (κ2) is 4.67. The van der Waals surface area contributed by atoms with Gasteiger partial charge in [0.2, 0.25) is 9.05 Å². The molecular formula is C7H7ClN4O3S2. The Hall–Kier alpha value is -1.06. The van der Waals surface area contributed by atoms with Crippen LogP contribution in [0, 0.1) is 0 Å². The first kappa shape index (κ1) is 12.4. The first-order valence-corrected chi connectivity index (χ1v) is 7.92. The zero-order chi connectivity index (χ0) is 12.5. The van der Waals surface area contributed by atoms with E-state index < -0.39 is 14.7 Å². The zero-order valence-corrected chi connectivity index (χ0v) is 10.7. The quantitative estimate of drug-likeness (QED) is 0.633. The fourth-order valence-electron chi connectivity index (χ4n) is 1.11. The van der Waals surface area contributed by atoms with Crippen LogP contribution in [-0.2, 0) is 9.05 Å². The Labute approximate surface area is 105 Å². The van der Waals surface area contributed by atoms with Crippen molar-refractivity contribution in [2.75, 3.05) is 11.5 Å². The molecule has 17 heavy (non-hydrogen) atoms. The van der Waals surface area contributed by atoms with Gasteiger partial charge < -0.3 is 0 Å². The van der Waals surface area contributed by atoms with Gasteiger partial charge in [-0.1, -0.05) is 0 Å². The molecule has 1 N–H and O–H groups in total. The molecule has 2 aromatic heterocycles. The third-order valence-electron chi connectivity index (χ3n) is 1.83. The number of fused-ring (bicyclic) bond motifs is 1. The second-order valence-corrected chi connectivity index (χ2v) is 7.07. The second-order valence-electron chi connectivity index (χ2n) is 3.06. The average molecular weight is 295 g/mol. The van der Waals surface area contributed by atoms with Crippen molar-refractivity contribution in [3.05, 3.63) is 22.6 Å². The number of thioether (sulfide) groups is 1. The van der Waals surface area contributed by atoms with Crippen LogP contribution in [0.2, 0.25) is 0 Å². The molecule has 0 unspecified atom stereocenters. The lowest BCUT2D eigenvalue weighted by molar-refractivity contribution is 0.611. The van der Waals surface area contributed by atoms with Crippen molar-refractivity contribution in [2.24, 2.45) is 0 Å². The third kappa shape index (κ3) is 3.20. The molecule has 0 aliphatic heterocycles. The van der Waals surface area contributed by atoms with E-state index in [0.29, 0.717) is 10.7 Å². The topological polar surface area (TPSA) is 97.2 Å². The van der Waals surface area contributed by atoms with Crippen molar-refractivity contribution in [1.29, 1.82) is 0 Å². The lowest BCUT2D eigenvalue weighted by Crippen LogP contribution is -2.12. The lowest BCUT2D eigenvalue weighted by Gasteiger charge is -1.98. The number of nitrogens with one attached hydrogen (secondary N) is 1. The molecular weight excluding hydrogens is 288 g/mol. The molecule has 0 aromatic carbocycles. The minimum Gasteiger partial charge on any atom is -0.244 e. The zero-order valence-electron chi connectivity index (χ0n) is 8.33. The highest BCUT2D eigenvalue weighted by Gasteiger charge is 2.07. The molecule has 0 amide bonds. The Bertz CT molecular complexity index is 692. The molecule has 0 saturated heterocycles. The van der Waals surface area contributed by atoms with Gasteiger partial charge in [-0.15, -0.1) is 11.8 Å². The van der Waals surface area contributed by atoms with Gasteiger partial charge in [0.1, 0.15) is 5.03 Å². The van der Waals surface area contributed by atoms with Gasteiger partial charge in [0.15, 0.2) is 5.65 Å². The summed E-state index contributed by atoms with van der Waals surface area (Å²) in [6.07, 6.45) is 0. The predicted molar refractivity (Wildman–Crippen MR) is 64.0 cm³/mol. The van der Waals surface area contributed by atoms with Gasteiger partial charge in [0.25, 0.3) is 0 Å². The number of hydrogen-bond donors (Lipinski definition) is 1. The van der Waals surface area contributed by atoms with Crippen LogP contribution in [0.4, 0.5) is 0 Å². The fraction of sp³-hybridized carbons (Fsp3) is 0.286. The summed E-state index contributed by atoms with van der Waals surface area (Å²) in [7, 11) is 1.57. The summed E-state index contributed by atoms with van der Waals surface area (Å²) in [6, 6.07) is 3.27. The molecule has 2 aromatic rings. The Morgan fingerprint density at radius 3 is 2.94 bits per heavy atom. The molecule has 0 radical (unpaired) electrons. The van der Waals surface area contributed by atoms with Crippen molar-refractivity contribution in [3.63, 3.8) is 0 Å². The molecule has 2 heterocycles. The summed E-state index contributed by atoms with van der Waals surface area (Å²) in [6.45, 7) is 0. The van der Waals surface area contributed by atoms with E-state index in [9.17, 15) is 13.2 Å². The van der Waals surface area contributed by atoms with Crippen molar-refractivity contribution in [3.8, 4) is 0 Å². The van der Waals surface area contributed by atoms with Gasteiger partial charge in [0.05, 0.1) is 5.75 Å². The van der Waals surface area contributed by atoms with Crippen molar-refractivity contribution < 1.29 is 8.42 Å². The molecule has 0 spiro atoms. The average Bonchev–Trinajstić information content (AvgIpc) is 2.59. The van der Waals surface area contributed by atoms with E-state index in [1.165, 1.54) is 11.8 Å². The van der Waals surface area contributed by atoms with E-state index in [-0.39, 0.29) is 11.5 Å². The summed E-state index contributed by atoms with van der Waals surface area (Å²) in [4.78, 5) is 11.2. The molecule has 0 saturated carbocycles. The number of halogens is 1. The molecule has 0 atom stereocenters. The maximum absolute atomic E-state index is 11.2. The Morgan fingerprint density at radius 1 is 1.47 bits per heavy atom. The summed E-state index contributed by atoms with van der Waals surface area (Å²) in [5, 5.41) is 10.5. The van der Waals surface area contributed by atoms with Gasteiger partial charge in [-0.2, -0.15) is 14.7 Å². The molecule has 0 aliphatic carbocycles. The van der Waals surface area contributed by atoms with Crippen LogP contribution in [0.25, 0.3) is 5.65 Å². The van der Waals surface area contributed by atoms with Gasteiger partial charge in [-0.3, -0.25) is 0 Å². The molecule has 92 valence electrons. The van der Waals surface area contributed by atoms with E-state index in [1.54, 1.807) is 12.1 Å². The maximum atomic E-state index is 11.2. The maximum Gasteiger partial charge on any atom is 0.364 e. The number of aromatic amines is 1. The number of nitrogens with zero attached hydrogens (tertiary/aromatic N) is 3. The standard InChI is InChI=1S/C7H7ClN4O3S2/c8-17(14,15)4-3-16-6-2-1-5-9-10-7(13)12(5)11-6/h1-2H,3-4H2,(H,10,13). The normalized spacial score (nSPS) is 12.1. The van der Waals surface area contributed by atoms with Crippen molar-refractivity contribution >= 4 is 37.1 Å². The first-order chi connectivity index (χ1) is 7.96. The third-order valence-corrected chi connectivity index (χ3v) is 4.16. The minimum absolute atomic E-state index is 0.154. The molecule has 0 fully saturated rings. The Morgan fingerprint density at radius 2 is 2.24 bits per heavy atom. The molecule has 0 aliphatic rings. The molecule has 10 heteroatoms. The van der Waals surface area contributed by atoms with E-state index in [0.717, 1.165) is 4.52 Å². The van der Waals surface area contributed by atoms with Crippen LogP contribution in [0.15, 0.2) is 22.0 Å². The van der Waals surface area contributed by atoms with Gasteiger partial charge in [-0.25, -0.2) is 18.3 Å². The highest BCUT2D eigenvalue weighted by atomic mass is 35.7. The van der Waals surface area contributed by atoms with Crippen molar-refractivity contribution in [1.82, 2.24) is 19.8 Å². The van der Waals surface area contributed by atoms with Gasteiger partial charge in [0, 0.05) is 16.4 Å². The molecule has 7 nitrogen and oxygen atoms in total. The summed E-state index contributed by atoms with van der Waals surface area (Å²) in [5.74, 6) is 0.121. The SMILES string of the molecule is O=c1[nH]nc2ccc(SCCS(=O)(=O)Cl)nn12. The number of rotatable bonds is 4. The van der Waals surface area contributed by atoms with Crippen LogP contribution in [0.3, 0.4) is 0 Å². The van der Waals surface area contributed by atoms with Crippen LogP contribution in [-0.4, -0.2) is 39.7 Å². The fourth-order valence-corrected chi connectivity index (χ4v) is 3.32. The highest BCUT2D eigenvalue weighted by molar-refractivity contribution is 8.14. The number of aromatic nitrogens is 4. The van der Waals surface area contributed by atoms with Crippen LogP contribution < -0.4 is 5.69 Å². The van der Waals surface area contributed by atoms with Crippen LogP contribution in [0.1, 0.15) is 0 Å². The molecule has 2 rings (SSSR count). The van der Waals surface area contributed by atoms with E-state index in [4.69, 9.17) is 10.7 Å². The van der Waals surface area contributed by atoms with E-state index >= 15 is 0 Å². The Kier molecular flexibility index (Phi) is 3.40. The predicted octanol–water partition coefficient (Wildman–Crippen LogP) is 0.0783. The van der Waals surface area contributed by atoms with E-state index in [1.807, 2.05) is 0 Å². The Balaban J connectivity index is 2.14. The number of H-pyrrole nitrogens is 1. The van der Waals surface area contributed by atoms with E-state index in [2.05, 4.69) is 15.3 Å². The summed E-state index contributed by atoms with van der Waals surface area (Å²) in [5.41, 5.74) is -0.0308.